The van der Waals surface area contributed by atoms with Gasteiger partial charge in [-0.05, 0) is 6.92 Å². The molecule has 15 heteroatoms. The van der Waals surface area contributed by atoms with Crippen LogP contribution in [0.2, 0.25) is 0 Å². The molecule has 2 rings (SSSR count). The minimum Gasteiger partial charge on any atom is -1.00 e. The summed E-state index contributed by atoms with van der Waals surface area (Å²) in [6, 6.07) is 0. The first-order valence-corrected chi connectivity index (χ1v) is 7.96. The number of hydrogen-bond acceptors (Lipinski definition) is 13. The Morgan fingerprint density at radius 2 is 1.48 bits per heavy atom. The van der Waals surface area contributed by atoms with E-state index in [-0.39, 0.29) is 82.4 Å². The van der Waals surface area contributed by atoms with Gasteiger partial charge in [-0.1, -0.05) is 0 Å². The summed E-state index contributed by atoms with van der Waals surface area (Å²) in [6.45, 7) is -1.35. The van der Waals surface area contributed by atoms with E-state index in [2.05, 4.69) is 0 Å². The summed E-state index contributed by atoms with van der Waals surface area (Å²) >= 11 is 0. The number of ether oxygens (including phenoxy) is 3. The van der Waals surface area contributed by atoms with E-state index in [9.17, 15) is 30.6 Å². The summed E-state index contributed by atoms with van der Waals surface area (Å²) in [5, 5.41) is 85.6. The molecule has 0 unspecified atom stereocenters. The van der Waals surface area contributed by atoms with Gasteiger partial charge in [0.15, 0.2) is 6.29 Å². The number of aliphatic carboxylic acids is 1. The quantitative estimate of drug-likeness (QED) is 0.177. The number of rotatable bonds is 5. The molecule has 0 bridgehead atoms. The number of hydrogen-bond donors (Lipinski definition) is 8. The van der Waals surface area contributed by atoms with Gasteiger partial charge in [-0.3, -0.25) is 0 Å². The molecule has 0 aromatic rings. The number of carboxylic acids is 1. The fourth-order valence-corrected chi connectivity index (χ4v) is 2.63. The van der Waals surface area contributed by atoms with Gasteiger partial charge in [-0.2, -0.15) is 0 Å². The van der Waals surface area contributed by atoms with Crippen molar-refractivity contribution in [3.8, 4) is 0 Å². The fourth-order valence-electron chi connectivity index (χ4n) is 2.63. The van der Waals surface area contributed by atoms with Crippen LogP contribution in [0.5, 0.6) is 0 Å². The van der Waals surface area contributed by atoms with E-state index < -0.39 is 80.6 Å². The van der Waals surface area contributed by atoms with Gasteiger partial charge >= 0.3 is 80.9 Å². The molecule has 9 atom stereocenters. The largest absolute Gasteiger partial charge is 1.00 e. The van der Waals surface area contributed by atoms with Crippen LogP contribution < -0.4 is 86.0 Å². The van der Waals surface area contributed by atoms with Crippen molar-refractivity contribution < 1.29 is 147 Å². The van der Waals surface area contributed by atoms with Crippen molar-refractivity contribution in [3.63, 3.8) is 0 Å². The topological polar surface area (TPSA) is 230 Å². The monoisotopic (exact) mass is 464 g/mol. The SMILES string of the molecule is CC(=O)[O-].OC[C@H]1O[C@@](CO)(O[C@H]2O[C@H](CO)[C@@H](O)[C@H](O)[C@H]2O)[C@@H](O)[C@@H]1O.[H-].[K+].[Na+]. The first kappa shape index (κ1) is 32.8. The van der Waals surface area contributed by atoms with Gasteiger partial charge in [-0.25, -0.2) is 0 Å². The molecule has 2 saturated heterocycles. The first-order valence-electron chi connectivity index (χ1n) is 7.96. The summed E-state index contributed by atoms with van der Waals surface area (Å²) in [5.74, 6) is -3.31. The van der Waals surface area contributed by atoms with Gasteiger partial charge in [0, 0.05) is 5.97 Å². The third-order valence-electron chi connectivity index (χ3n) is 4.07. The van der Waals surface area contributed by atoms with E-state index in [1.807, 2.05) is 0 Å². The smallest absolute Gasteiger partial charge is 1.00 e. The Morgan fingerprint density at radius 1 is 1.00 bits per heavy atom. The zero-order valence-corrected chi connectivity index (χ0v) is 21.5. The average Bonchev–Trinajstić information content (AvgIpc) is 2.86. The molecule has 2 heterocycles. The van der Waals surface area contributed by atoms with Crippen molar-refractivity contribution in [2.45, 2.75) is 61.7 Å². The van der Waals surface area contributed by atoms with Crippen molar-refractivity contribution in [1.82, 2.24) is 0 Å². The summed E-state index contributed by atoms with van der Waals surface area (Å²) in [6.07, 6.45) is -12.7. The minimum atomic E-state index is -2.22. The van der Waals surface area contributed by atoms with Crippen molar-refractivity contribution in [2.75, 3.05) is 19.8 Å². The molecule has 0 saturated carbocycles. The van der Waals surface area contributed by atoms with Crippen molar-refractivity contribution in [2.24, 2.45) is 0 Å². The molecule has 0 aromatic carbocycles. The second-order valence-electron chi connectivity index (χ2n) is 6.05. The normalized spacial score (nSPS) is 41.4. The average molecular weight is 464 g/mol. The van der Waals surface area contributed by atoms with Crippen LogP contribution in [0.25, 0.3) is 0 Å². The van der Waals surface area contributed by atoms with E-state index in [1.165, 1.54) is 0 Å². The molecule has 13 nitrogen and oxygen atoms in total. The molecule has 2 fully saturated rings. The molecule has 2 aliphatic heterocycles. The van der Waals surface area contributed by atoms with Crippen molar-refractivity contribution >= 4 is 5.97 Å². The molecule has 29 heavy (non-hydrogen) atoms. The second kappa shape index (κ2) is 14.7. The van der Waals surface area contributed by atoms with Crippen molar-refractivity contribution in [3.05, 3.63) is 0 Å². The minimum absolute atomic E-state index is 0. The van der Waals surface area contributed by atoms with Gasteiger partial charge in [0.2, 0.25) is 5.79 Å². The number of aliphatic hydroxyl groups is 8. The van der Waals surface area contributed by atoms with Crippen LogP contribution >= 0.6 is 0 Å². The van der Waals surface area contributed by atoms with E-state index in [0.29, 0.717) is 0 Å². The molecule has 0 aliphatic carbocycles. The molecule has 0 radical (unpaired) electrons. The molecule has 0 amide bonds. The van der Waals surface area contributed by atoms with Crippen LogP contribution in [0.4, 0.5) is 0 Å². The van der Waals surface area contributed by atoms with Gasteiger partial charge in [-0.15, -0.1) is 0 Å². The van der Waals surface area contributed by atoms with Crippen LogP contribution in [0, 0.1) is 0 Å². The fraction of sp³-hybridized carbons (Fsp3) is 0.929. The van der Waals surface area contributed by atoms with Crippen LogP contribution in [0.1, 0.15) is 8.35 Å². The maximum Gasteiger partial charge on any atom is 1.00 e. The number of aliphatic hydroxyl groups excluding tert-OH is 8. The van der Waals surface area contributed by atoms with Gasteiger partial charge < -0.3 is 66.4 Å². The van der Waals surface area contributed by atoms with E-state index in [4.69, 9.17) is 34.3 Å². The maximum absolute atomic E-state index is 10.00. The Morgan fingerprint density at radius 3 is 1.86 bits per heavy atom. The Bertz CT molecular complexity index is 489. The third kappa shape index (κ3) is 8.19. The summed E-state index contributed by atoms with van der Waals surface area (Å²) in [4.78, 5) is 8.89. The summed E-state index contributed by atoms with van der Waals surface area (Å²) in [7, 11) is 0. The molecule has 2 aliphatic rings. The molecular weight excluding hydrogens is 438 g/mol. The van der Waals surface area contributed by atoms with E-state index in [1.54, 1.807) is 0 Å². The number of carbonyl (C=O) groups is 1. The first-order chi connectivity index (χ1) is 12.5. The Balaban J connectivity index is -0.000000957. The van der Waals surface area contributed by atoms with E-state index in [0.717, 1.165) is 6.92 Å². The molecule has 162 valence electrons. The van der Waals surface area contributed by atoms with Gasteiger partial charge in [0.05, 0.1) is 13.2 Å². The Hall–Kier alpha value is 1.67. The number of carbonyl (C=O) groups excluding carboxylic acids is 1. The van der Waals surface area contributed by atoms with Crippen LogP contribution in [0.3, 0.4) is 0 Å². The zero-order valence-electron chi connectivity index (χ0n) is 17.4. The number of carboxylic acid groups (broad SMARTS) is 1. The molecule has 8 N–H and O–H groups in total. The van der Waals surface area contributed by atoms with Crippen LogP contribution in [0.15, 0.2) is 0 Å². The summed E-state index contributed by atoms with van der Waals surface area (Å²) in [5.41, 5.74) is 0. The van der Waals surface area contributed by atoms with Crippen LogP contribution in [-0.2, 0) is 19.0 Å². The Labute approximate surface area is 232 Å². The van der Waals surface area contributed by atoms with Gasteiger partial charge in [0.25, 0.3) is 0 Å². The predicted octanol–water partition coefficient (Wildman–Crippen LogP) is -12.5. The second-order valence-corrected chi connectivity index (χ2v) is 6.05. The standard InChI is InChI=1S/C12H22O11.C2H4O2.K.Na.H/c13-1-4-6(16)8(18)9(19)11(21-4)23-12(3-15)10(20)7(17)5(2-14)22-12;1-2(3)4;;;/h4-11,13-20H,1-3H2;1H3,(H,3,4);;;/q;;2*+1;-1/p-1/t4-,5-,6-,7-,8+,9-,10+,11-,12+;;;;/m1..../s1. The third-order valence-corrected chi connectivity index (χ3v) is 4.07. The zero-order chi connectivity index (χ0) is 20.9. The molecule has 0 spiro atoms. The summed E-state index contributed by atoms with van der Waals surface area (Å²) < 4.78 is 15.4. The molecular formula is C14H26KNaO13. The van der Waals surface area contributed by atoms with Crippen LogP contribution in [-0.4, -0.2) is 121 Å². The Kier molecular flexibility index (Phi) is 16.7. The maximum atomic E-state index is 10.00. The molecule has 0 aromatic heterocycles. The predicted molar refractivity (Wildman–Crippen MR) is 80.4 cm³/mol. The van der Waals surface area contributed by atoms with Crippen molar-refractivity contribution in [1.29, 1.82) is 0 Å². The van der Waals surface area contributed by atoms with Gasteiger partial charge in [0.1, 0.15) is 49.3 Å². The van der Waals surface area contributed by atoms with E-state index >= 15 is 0 Å².